The van der Waals surface area contributed by atoms with Crippen molar-refractivity contribution >= 4 is 28.9 Å². The van der Waals surface area contributed by atoms with Crippen LogP contribution in [0.1, 0.15) is 31.9 Å². The molecule has 1 nitrogen and oxygen atoms in total. The molecule has 0 fully saturated rings. The molecule has 0 bridgehead atoms. The zero-order valence-corrected chi connectivity index (χ0v) is 13.3. The first-order chi connectivity index (χ1) is 7.70. The molecule has 1 aromatic rings. The molecule has 1 unspecified atom stereocenters. The second-order valence-electron chi connectivity index (χ2n) is 5.34. The summed E-state index contributed by atoms with van der Waals surface area (Å²) in [5.74, 6) is 0. The Morgan fingerprint density at radius 2 is 1.71 bits per heavy atom. The summed E-state index contributed by atoms with van der Waals surface area (Å²) in [5.41, 5.74) is 1.10. The first-order valence-corrected chi connectivity index (χ1v) is 10.4. The Labute approximate surface area is 114 Å². The van der Waals surface area contributed by atoms with E-state index in [1.54, 1.807) is 0 Å². The fourth-order valence-electron chi connectivity index (χ4n) is 1.55. The van der Waals surface area contributed by atoms with Crippen LogP contribution in [0.15, 0.2) is 30.3 Å². The van der Waals surface area contributed by atoms with Gasteiger partial charge < -0.3 is 4.74 Å². The van der Waals surface area contributed by atoms with Crippen molar-refractivity contribution in [2.75, 3.05) is 6.61 Å². The Balaban J connectivity index is 2.83. The lowest BCUT2D eigenvalue weighted by Crippen LogP contribution is -2.33. The smallest absolute Gasteiger partial charge is 0.257 e. The van der Waals surface area contributed by atoms with E-state index in [4.69, 9.17) is 26.9 Å². The van der Waals surface area contributed by atoms with Crippen LogP contribution >= 0.6 is 22.2 Å². The molecule has 0 amide bonds. The fraction of sp³-hybridized carbons (Fsp3) is 0.538. The molecule has 0 heterocycles. The van der Waals surface area contributed by atoms with Gasteiger partial charge in [0.05, 0.1) is 12.2 Å². The summed E-state index contributed by atoms with van der Waals surface area (Å²) >= 11 is 12.8. The minimum atomic E-state index is -2.31. The van der Waals surface area contributed by atoms with Crippen molar-refractivity contribution in [3.63, 3.8) is 0 Å². The van der Waals surface area contributed by atoms with Crippen LogP contribution in [-0.4, -0.2) is 18.9 Å². The van der Waals surface area contributed by atoms with Gasteiger partial charge in [0, 0.05) is 5.54 Å². The van der Waals surface area contributed by atoms with Gasteiger partial charge >= 0.3 is 0 Å². The van der Waals surface area contributed by atoms with Crippen molar-refractivity contribution in [2.24, 2.45) is 0 Å². The number of rotatable bonds is 4. The second-order valence-corrected chi connectivity index (χ2v) is 13.2. The SMILES string of the molecule is CC(C)(C)OCC(c1ccccc1)[Si](C)(Cl)Cl. The quantitative estimate of drug-likeness (QED) is 0.578. The van der Waals surface area contributed by atoms with Gasteiger partial charge in [-0.3, -0.25) is 0 Å². The van der Waals surface area contributed by atoms with Crippen LogP contribution in [-0.2, 0) is 4.74 Å². The Hall–Kier alpha value is -0.0231. The molecular weight excluding hydrogens is 271 g/mol. The largest absolute Gasteiger partial charge is 0.375 e. The predicted molar refractivity (Wildman–Crippen MR) is 78.2 cm³/mol. The maximum absolute atomic E-state index is 6.39. The van der Waals surface area contributed by atoms with Gasteiger partial charge in [-0.25, -0.2) is 0 Å². The van der Waals surface area contributed by atoms with Gasteiger partial charge in [-0.2, -0.15) is 0 Å². The number of halogens is 2. The average Bonchev–Trinajstić information content (AvgIpc) is 2.15. The molecule has 0 saturated carbocycles. The minimum absolute atomic E-state index is 0.103. The van der Waals surface area contributed by atoms with Gasteiger partial charge in [-0.05, 0) is 32.9 Å². The van der Waals surface area contributed by atoms with Crippen LogP contribution in [0.2, 0.25) is 6.55 Å². The van der Waals surface area contributed by atoms with Crippen LogP contribution in [0.5, 0.6) is 0 Å². The van der Waals surface area contributed by atoms with E-state index in [9.17, 15) is 0 Å². The third-order valence-electron chi connectivity index (χ3n) is 2.50. The fourth-order valence-corrected chi connectivity index (χ4v) is 3.84. The Kier molecular flexibility index (Phi) is 5.08. The van der Waals surface area contributed by atoms with Gasteiger partial charge in [0.2, 0.25) is 0 Å². The van der Waals surface area contributed by atoms with Crippen LogP contribution in [0.25, 0.3) is 0 Å². The summed E-state index contributed by atoms with van der Waals surface area (Å²) < 4.78 is 5.84. The van der Waals surface area contributed by atoms with Crippen LogP contribution < -0.4 is 0 Å². The van der Waals surface area contributed by atoms with E-state index >= 15 is 0 Å². The molecule has 0 aliphatic heterocycles. The molecule has 1 aromatic carbocycles. The topological polar surface area (TPSA) is 9.23 Å². The Morgan fingerprint density at radius 3 is 2.12 bits per heavy atom. The van der Waals surface area contributed by atoms with Crippen molar-refractivity contribution in [1.82, 2.24) is 0 Å². The van der Waals surface area contributed by atoms with E-state index in [0.29, 0.717) is 6.61 Å². The lowest BCUT2D eigenvalue weighted by atomic mass is 10.1. The molecule has 0 aromatic heterocycles. The monoisotopic (exact) mass is 290 g/mol. The highest BCUT2D eigenvalue weighted by Gasteiger charge is 2.35. The molecule has 0 saturated heterocycles. The first-order valence-electron chi connectivity index (χ1n) is 5.77. The second kappa shape index (κ2) is 5.74. The number of benzene rings is 1. The van der Waals surface area contributed by atoms with E-state index in [1.807, 2.05) is 45.5 Å². The van der Waals surface area contributed by atoms with Crippen molar-refractivity contribution in [3.8, 4) is 0 Å². The summed E-state index contributed by atoms with van der Waals surface area (Å²) in [4.78, 5) is 0. The summed E-state index contributed by atoms with van der Waals surface area (Å²) in [7, 11) is 0. The van der Waals surface area contributed by atoms with Crippen LogP contribution in [0.3, 0.4) is 0 Å². The summed E-state index contributed by atoms with van der Waals surface area (Å²) in [6, 6.07) is 10.1. The maximum atomic E-state index is 6.39. The Morgan fingerprint density at radius 1 is 1.18 bits per heavy atom. The molecular formula is C13H20Cl2OSi. The number of hydrogen-bond donors (Lipinski definition) is 0. The summed E-state index contributed by atoms with van der Waals surface area (Å²) in [6.45, 7) is 6.32. The lowest BCUT2D eigenvalue weighted by Gasteiger charge is -2.28. The zero-order valence-electron chi connectivity index (χ0n) is 10.8. The zero-order chi connectivity index (χ0) is 13.1. The third-order valence-corrected chi connectivity index (χ3v) is 5.80. The van der Waals surface area contributed by atoms with Gasteiger partial charge in [-0.15, -0.1) is 22.2 Å². The van der Waals surface area contributed by atoms with E-state index in [2.05, 4.69) is 12.1 Å². The molecule has 0 N–H and O–H groups in total. The van der Waals surface area contributed by atoms with Crippen molar-refractivity contribution in [1.29, 1.82) is 0 Å². The van der Waals surface area contributed by atoms with Crippen molar-refractivity contribution in [2.45, 2.75) is 38.5 Å². The van der Waals surface area contributed by atoms with Crippen LogP contribution in [0, 0.1) is 0 Å². The highest BCUT2D eigenvalue weighted by Crippen LogP contribution is 2.34. The molecule has 4 heteroatoms. The molecule has 0 aliphatic carbocycles. The molecule has 17 heavy (non-hydrogen) atoms. The third kappa shape index (κ3) is 5.43. The van der Waals surface area contributed by atoms with Gasteiger partial charge in [0.1, 0.15) is 0 Å². The Bertz CT molecular complexity index is 341. The standard InChI is InChI=1S/C13H20Cl2OSi/c1-13(2,3)16-10-12(17(4,14)15)11-8-6-5-7-9-11/h5-9,12H,10H2,1-4H3. The number of ether oxygens (including phenoxy) is 1. The van der Waals surface area contributed by atoms with E-state index < -0.39 is 6.69 Å². The van der Waals surface area contributed by atoms with Crippen molar-refractivity contribution < 1.29 is 4.74 Å². The molecule has 0 spiro atoms. The average molecular weight is 291 g/mol. The highest BCUT2D eigenvalue weighted by atomic mass is 35.7. The van der Waals surface area contributed by atoms with Crippen molar-refractivity contribution in [3.05, 3.63) is 35.9 Å². The highest BCUT2D eigenvalue weighted by molar-refractivity contribution is 7.45. The summed E-state index contributed by atoms with van der Waals surface area (Å²) in [6.07, 6.45) is 0. The molecule has 1 rings (SSSR count). The maximum Gasteiger partial charge on any atom is 0.257 e. The molecule has 0 radical (unpaired) electrons. The van der Waals surface area contributed by atoms with Gasteiger partial charge in [0.15, 0.2) is 0 Å². The molecule has 1 atom stereocenters. The minimum Gasteiger partial charge on any atom is -0.375 e. The van der Waals surface area contributed by atoms with E-state index in [1.165, 1.54) is 0 Å². The molecule has 96 valence electrons. The van der Waals surface area contributed by atoms with E-state index in [0.717, 1.165) is 5.56 Å². The van der Waals surface area contributed by atoms with Gasteiger partial charge in [-0.1, -0.05) is 30.3 Å². The normalized spacial score (nSPS) is 14.7. The molecule has 0 aliphatic rings. The summed E-state index contributed by atoms with van der Waals surface area (Å²) in [5, 5.41) is 0. The predicted octanol–water partition coefficient (Wildman–Crippen LogP) is 4.67. The first kappa shape index (κ1) is 15.0. The van der Waals surface area contributed by atoms with Gasteiger partial charge in [0.25, 0.3) is 6.69 Å². The number of hydrogen-bond acceptors (Lipinski definition) is 1. The lowest BCUT2D eigenvalue weighted by molar-refractivity contribution is -0.00337. The van der Waals surface area contributed by atoms with E-state index in [-0.39, 0.29) is 11.1 Å². The van der Waals surface area contributed by atoms with Crippen LogP contribution in [0.4, 0.5) is 0 Å².